The van der Waals surface area contributed by atoms with Crippen molar-refractivity contribution < 1.29 is 4.74 Å². The maximum Gasteiger partial charge on any atom is 0.216 e. The van der Waals surface area contributed by atoms with E-state index in [0.29, 0.717) is 18.6 Å². The lowest BCUT2D eigenvalue weighted by Gasteiger charge is -2.06. The fourth-order valence-electron chi connectivity index (χ4n) is 1.83. The first-order valence-electron chi connectivity index (χ1n) is 5.61. The number of halogens is 1. The van der Waals surface area contributed by atoms with E-state index in [1.165, 1.54) is 0 Å². The molecule has 0 aliphatic carbocycles. The first-order valence-corrected chi connectivity index (χ1v) is 5.99. The molecule has 1 aromatic carbocycles. The largest absolute Gasteiger partial charge is 0.475 e. The van der Waals surface area contributed by atoms with Gasteiger partial charge in [-0.05, 0) is 36.6 Å². The van der Waals surface area contributed by atoms with Crippen molar-refractivity contribution in [3.05, 3.63) is 34.9 Å². The van der Waals surface area contributed by atoms with E-state index < -0.39 is 0 Å². The summed E-state index contributed by atoms with van der Waals surface area (Å²) in [5, 5.41) is 0.737. The Morgan fingerprint density at radius 2 is 2.06 bits per heavy atom. The molecule has 0 radical (unpaired) electrons. The number of rotatable bonds is 3. The minimum Gasteiger partial charge on any atom is -0.475 e. The van der Waals surface area contributed by atoms with Gasteiger partial charge in [-0.25, -0.2) is 4.99 Å². The Labute approximate surface area is 101 Å². The van der Waals surface area contributed by atoms with Crippen molar-refractivity contribution >= 4 is 17.5 Å². The van der Waals surface area contributed by atoms with E-state index in [0.717, 1.165) is 22.9 Å². The van der Waals surface area contributed by atoms with Crippen molar-refractivity contribution in [2.75, 3.05) is 6.61 Å². The van der Waals surface area contributed by atoms with Gasteiger partial charge < -0.3 is 4.74 Å². The van der Waals surface area contributed by atoms with Crippen molar-refractivity contribution in [2.45, 2.75) is 26.3 Å². The molecule has 1 atom stereocenters. The van der Waals surface area contributed by atoms with E-state index in [2.05, 4.69) is 18.8 Å². The van der Waals surface area contributed by atoms with Crippen LogP contribution in [0.1, 0.15) is 25.8 Å². The Kier molecular flexibility index (Phi) is 3.49. The van der Waals surface area contributed by atoms with Gasteiger partial charge in [0.15, 0.2) is 0 Å². The van der Waals surface area contributed by atoms with E-state index in [1.54, 1.807) is 0 Å². The van der Waals surface area contributed by atoms with Crippen LogP contribution in [0.3, 0.4) is 0 Å². The quantitative estimate of drug-likeness (QED) is 0.788. The summed E-state index contributed by atoms with van der Waals surface area (Å²) in [6.07, 6.45) is 1.08. The summed E-state index contributed by atoms with van der Waals surface area (Å²) in [7, 11) is 0. The Balaban J connectivity index is 2.08. The molecule has 2 rings (SSSR count). The molecule has 86 valence electrons. The molecule has 1 aromatic rings. The molecule has 0 amide bonds. The van der Waals surface area contributed by atoms with Crippen LogP contribution in [0.15, 0.2) is 29.3 Å². The average molecular weight is 238 g/mol. The van der Waals surface area contributed by atoms with Crippen LogP contribution in [-0.4, -0.2) is 18.5 Å². The smallest absolute Gasteiger partial charge is 0.216 e. The summed E-state index contributed by atoms with van der Waals surface area (Å²) in [6, 6.07) is 7.92. The minimum absolute atomic E-state index is 0.311. The van der Waals surface area contributed by atoms with Gasteiger partial charge in [0.05, 0.1) is 6.04 Å². The Morgan fingerprint density at radius 1 is 1.38 bits per heavy atom. The Morgan fingerprint density at radius 3 is 2.69 bits per heavy atom. The lowest BCUT2D eigenvalue weighted by Crippen LogP contribution is -2.09. The topological polar surface area (TPSA) is 21.6 Å². The zero-order valence-corrected chi connectivity index (χ0v) is 10.4. The van der Waals surface area contributed by atoms with Gasteiger partial charge >= 0.3 is 0 Å². The van der Waals surface area contributed by atoms with Crippen LogP contribution < -0.4 is 0 Å². The monoisotopic (exact) mass is 237 g/mol. The zero-order valence-electron chi connectivity index (χ0n) is 9.61. The first-order chi connectivity index (χ1) is 7.65. The molecule has 0 N–H and O–H groups in total. The predicted molar refractivity (Wildman–Crippen MR) is 67.2 cm³/mol. The molecule has 1 aliphatic rings. The highest BCUT2D eigenvalue weighted by Crippen LogP contribution is 2.18. The summed E-state index contributed by atoms with van der Waals surface area (Å²) in [6.45, 7) is 5.11. The summed E-state index contributed by atoms with van der Waals surface area (Å²) >= 11 is 5.84. The van der Waals surface area contributed by atoms with Crippen molar-refractivity contribution in [2.24, 2.45) is 10.9 Å². The first kappa shape index (κ1) is 11.5. The second-order valence-corrected chi connectivity index (χ2v) is 4.97. The van der Waals surface area contributed by atoms with Crippen molar-refractivity contribution in [1.29, 1.82) is 0 Å². The number of aliphatic imine (C=N–C) groups is 1. The number of nitrogens with zero attached hydrogens (tertiary/aromatic N) is 1. The van der Waals surface area contributed by atoms with Crippen LogP contribution in [0.2, 0.25) is 5.02 Å². The van der Waals surface area contributed by atoms with Gasteiger partial charge in [0.2, 0.25) is 5.90 Å². The summed E-state index contributed by atoms with van der Waals surface area (Å²) in [4.78, 5) is 4.58. The third kappa shape index (κ3) is 2.76. The molecular formula is C13H16ClNO. The predicted octanol–water partition coefficient (Wildman–Crippen LogP) is 3.53. The van der Waals surface area contributed by atoms with Gasteiger partial charge in [-0.1, -0.05) is 25.4 Å². The Bertz CT molecular complexity index is 383. The molecule has 3 heteroatoms. The average Bonchev–Trinajstić information content (AvgIpc) is 2.66. The highest BCUT2D eigenvalue weighted by molar-refractivity contribution is 6.30. The van der Waals surface area contributed by atoms with Crippen LogP contribution in [0.4, 0.5) is 0 Å². The highest BCUT2D eigenvalue weighted by Gasteiger charge is 2.20. The number of hydrogen-bond acceptors (Lipinski definition) is 2. The SMILES string of the molecule is CC(C)C[C@H]1COC(c2ccc(Cl)cc2)=N1. The molecule has 1 heterocycles. The third-order valence-corrected chi connectivity index (χ3v) is 2.80. The summed E-state index contributed by atoms with van der Waals surface area (Å²) in [5.41, 5.74) is 1.01. The minimum atomic E-state index is 0.311. The highest BCUT2D eigenvalue weighted by atomic mass is 35.5. The molecule has 0 unspecified atom stereocenters. The normalized spacial score (nSPS) is 19.8. The van der Waals surface area contributed by atoms with E-state index in [9.17, 15) is 0 Å². The van der Waals surface area contributed by atoms with Crippen LogP contribution in [0.5, 0.6) is 0 Å². The summed E-state index contributed by atoms with van der Waals surface area (Å²) in [5.74, 6) is 1.41. The standard InChI is InChI=1S/C13H16ClNO/c1-9(2)7-12-8-16-13(15-12)10-3-5-11(14)6-4-10/h3-6,9,12H,7-8H2,1-2H3/t12-/m0/s1. The summed E-state index contributed by atoms with van der Waals surface area (Å²) < 4.78 is 5.60. The van der Waals surface area contributed by atoms with E-state index in [1.807, 2.05) is 24.3 Å². The maximum atomic E-state index is 5.84. The number of benzene rings is 1. The molecule has 2 nitrogen and oxygen atoms in total. The fourth-order valence-corrected chi connectivity index (χ4v) is 1.96. The maximum absolute atomic E-state index is 5.84. The van der Waals surface area contributed by atoms with E-state index in [4.69, 9.17) is 16.3 Å². The van der Waals surface area contributed by atoms with Gasteiger partial charge in [0.1, 0.15) is 6.61 Å². The van der Waals surface area contributed by atoms with Gasteiger partial charge in [0, 0.05) is 10.6 Å². The molecule has 0 aromatic heterocycles. The van der Waals surface area contributed by atoms with Crippen molar-refractivity contribution in [1.82, 2.24) is 0 Å². The van der Waals surface area contributed by atoms with Crippen LogP contribution in [0, 0.1) is 5.92 Å². The van der Waals surface area contributed by atoms with Gasteiger partial charge in [-0.2, -0.15) is 0 Å². The fraction of sp³-hybridized carbons (Fsp3) is 0.462. The lowest BCUT2D eigenvalue weighted by atomic mass is 10.1. The van der Waals surface area contributed by atoms with Crippen LogP contribution in [-0.2, 0) is 4.74 Å². The van der Waals surface area contributed by atoms with Gasteiger partial charge in [0.25, 0.3) is 0 Å². The second-order valence-electron chi connectivity index (χ2n) is 4.54. The molecule has 16 heavy (non-hydrogen) atoms. The zero-order chi connectivity index (χ0) is 11.5. The van der Waals surface area contributed by atoms with Crippen LogP contribution >= 0.6 is 11.6 Å². The second kappa shape index (κ2) is 4.88. The molecule has 0 saturated carbocycles. The number of hydrogen-bond donors (Lipinski definition) is 0. The van der Waals surface area contributed by atoms with Crippen LogP contribution in [0.25, 0.3) is 0 Å². The molecule has 0 spiro atoms. The van der Waals surface area contributed by atoms with E-state index >= 15 is 0 Å². The molecule has 0 fully saturated rings. The molecule has 0 bridgehead atoms. The van der Waals surface area contributed by atoms with Crippen molar-refractivity contribution in [3.8, 4) is 0 Å². The Hall–Kier alpha value is -1.02. The third-order valence-electron chi connectivity index (χ3n) is 2.55. The van der Waals surface area contributed by atoms with Crippen molar-refractivity contribution in [3.63, 3.8) is 0 Å². The van der Waals surface area contributed by atoms with Gasteiger partial charge in [-0.3, -0.25) is 0 Å². The lowest BCUT2D eigenvalue weighted by molar-refractivity contribution is 0.301. The van der Waals surface area contributed by atoms with Gasteiger partial charge in [-0.15, -0.1) is 0 Å². The molecule has 0 saturated heterocycles. The molecular weight excluding hydrogens is 222 g/mol. The molecule has 1 aliphatic heterocycles. The number of ether oxygens (including phenoxy) is 1. The van der Waals surface area contributed by atoms with E-state index in [-0.39, 0.29) is 0 Å².